The van der Waals surface area contributed by atoms with Crippen molar-refractivity contribution in [2.45, 2.75) is 26.7 Å². The number of methoxy groups -OCH3 is 1. The predicted molar refractivity (Wildman–Crippen MR) is 83.1 cm³/mol. The van der Waals surface area contributed by atoms with Gasteiger partial charge in [-0.1, -0.05) is 6.07 Å². The molecule has 2 rings (SSSR count). The van der Waals surface area contributed by atoms with Crippen LogP contribution in [0.4, 0.5) is 0 Å². The lowest BCUT2D eigenvalue weighted by Gasteiger charge is -2.30. The largest absolute Gasteiger partial charge is 0.465 e. The number of rotatable bonds is 3. The highest BCUT2D eigenvalue weighted by Crippen LogP contribution is 2.25. The zero-order chi connectivity index (χ0) is 17.0. The number of carbonyl (C=O) groups excluding carboxylic acids is 3. The van der Waals surface area contributed by atoms with Gasteiger partial charge in [0.1, 0.15) is 11.3 Å². The third kappa shape index (κ3) is 4.09. The van der Waals surface area contributed by atoms with Crippen LogP contribution < -0.4 is 4.74 Å². The van der Waals surface area contributed by atoms with E-state index in [-0.39, 0.29) is 29.1 Å². The summed E-state index contributed by atoms with van der Waals surface area (Å²) in [6.45, 7) is 4.46. The van der Waals surface area contributed by atoms with Crippen LogP contribution in [0, 0.1) is 12.8 Å². The Hall–Kier alpha value is -2.37. The lowest BCUT2D eigenvalue weighted by Crippen LogP contribution is -2.40. The number of nitrogens with zero attached hydrogens (tertiary/aromatic N) is 1. The zero-order valence-corrected chi connectivity index (χ0v) is 13.6. The molecule has 0 radical (unpaired) electrons. The van der Waals surface area contributed by atoms with Crippen LogP contribution in [0.25, 0.3) is 0 Å². The summed E-state index contributed by atoms with van der Waals surface area (Å²) in [5.74, 6) is -0.952. The highest BCUT2D eigenvalue weighted by Gasteiger charge is 2.28. The number of amides is 1. The van der Waals surface area contributed by atoms with Crippen LogP contribution in [-0.2, 0) is 14.3 Å². The maximum atomic E-state index is 12.3. The molecule has 0 atom stereocenters. The molecule has 1 aromatic carbocycles. The highest BCUT2D eigenvalue weighted by atomic mass is 16.5. The van der Waals surface area contributed by atoms with Crippen LogP contribution in [0.3, 0.4) is 0 Å². The molecule has 1 heterocycles. The Morgan fingerprint density at radius 1 is 1.17 bits per heavy atom. The van der Waals surface area contributed by atoms with Gasteiger partial charge in [0.2, 0.25) is 5.91 Å². The van der Waals surface area contributed by atoms with Crippen molar-refractivity contribution in [1.29, 1.82) is 0 Å². The molecular weight excluding hydrogens is 298 g/mol. The second-order valence-corrected chi connectivity index (χ2v) is 5.69. The van der Waals surface area contributed by atoms with E-state index in [1.807, 2.05) is 6.92 Å². The van der Waals surface area contributed by atoms with Gasteiger partial charge in [-0.05, 0) is 37.5 Å². The van der Waals surface area contributed by atoms with Gasteiger partial charge in [-0.25, -0.2) is 4.79 Å². The second-order valence-electron chi connectivity index (χ2n) is 5.69. The quantitative estimate of drug-likeness (QED) is 0.629. The standard InChI is InChI=1S/C17H21NO5/c1-11-4-5-15(14(10-11)17(21)22-3)23-16(20)13-6-8-18(9-7-13)12(2)19/h4-5,10,13H,6-9H2,1-3H3. The minimum absolute atomic E-state index is 0.0170. The number of ether oxygens (including phenoxy) is 2. The molecule has 0 saturated carbocycles. The summed E-state index contributed by atoms with van der Waals surface area (Å²) in [4.78, 5) is 37.1. The van der Waals surface area contributed by atoms with Gasteiger partial charge < -0.3 is 14.4 Å². The maximum absolute atomic E-state index is 12.3. The van der Waals surface area contributed by atoms with E-state index < -0.39 is 5.97 Å². The van der Waals surface area contributed by atoms with Gasteiger partial charge in [0.05, 0.1) is 13.0 Å². The minimum atomic E-state index is -0.539. The van der Waals surface area contributed by atoms with E-state index in [9.17, 15) is 14.4 Å². The van der Waals surface area contributed by atoms with E-state index in [1.54, 1.807) is 23.1 Å². The lowest BCUT2D eigenvalue weighted by molar-refractivity contribution is -0.142. The molecule has 1 aliphatic heterocycles. The van der Waals surface area contributed by atoms with Crippen molar-refractivity contribution in [3.05, 3.63) is 29.3 Å². The molecule has 124 valence electrons. The molecule has 0 aromatic heterocycles. The summed E-state index contributed by atoms with van der Waals surface area (Å²) in [6.07, 6.45) is 1.13. The van der Waals surface area contributed by atoms with Crippen LogP contribution in [0.5, 0.6) is 5.75 Å². The molecule has 1 fully saturated rings. The molecule has 6 nitrogen and oxygen atoms in total. The Bertz CT molecular complexity index is 617. The Balaban J connectivity index is 2.06. The van der Waals surface area contributed by atoms with Gasteiger partial charge >= 0.3 is 11.9 Å². The zero-order valence-electron chi connectivity index (χ0n) is 13.6. The Labute approximate surface area is 135 Å². The fourth-order valence-electron chi connectivity index (χ4n) is 2.62. The summed E-state index contributed by atoms with van der Waals surface area (Å²) < 4.78 is 10.1. The molecule has 1 saturated heterocycles. The number of piperidine rings is 1. The molecule has 0 N–H and O–H groups in total. The smallest absolute Gasteiger partial charge is 0.341 e. The average Bonchev–Trinajstić information content (AvgIpc) is 2.55. The van der Waals surface area contributed by atoms with Crippen molar-refractivity contribution >= 4 is 17.8 Å². The van der Waals surface area contributed by atoms with Gasteiger partial charge in [0.25, 0.3) is 0 Å². The van der Waals surface area contributed by atoms with Crippen molar-refractivity contribution in [1.82, 2.24) is 4.90 Å². The van der Waals surface area contributed by atoms with E-state index in [0.717, 1.165) is 5.56 Å². The van der Waals surface area contributed by atoms with Crippen LogP contribution in [0.2, 0.25) is 0 Å². The first-order valence-electron chi connectivity index (χ1n) is 7.58. The fourth-order valence-corrected chi connectivity index (χ4v) is 2.62. The Kier molecular flexibility index (Phi) is 5.36. The molecule has 0 unspecified atom stereocenters. The molecule has 1 aromatic rings. The summed E-state index contributed by atoms with van der Waals surface area (Å²) in [5.41, 5.74) is 1.11. The van der Waals surface area contributed by atoms with E-state index >= 15 is 0 Å². The van der Waals surface area contributed by atoms with E-state index in [4.69, 9.17) is 9.47 Å². The number of benzene rings is 1. The number of aryl methyl sites for hydroxylation is 1. The van der Waals surface area contributed by atoms with E-state index in [2.05, 4.69) is 0 Å². The normalized spacial score (nSPS) is 15.2. The van der Waals surface area contributed by atoms with Crippen molar-refractivity contribution in [2.75, 3.05) is 20.2 Å². The van der Waals surface area contributed by atoms with Crippen LogP contribution in [0.1, 0.15) is 35.7 Å². The molecular formula is C17H21NO5. The molecule has 23 heavy (non-hydrogen) atoms. The summed E-state index contributed by atoms with van der Waals surface area (Å²) in [5, 5.41) is 0. The molecule has 1 amide bonds. The highest BCUT2D eigenvalue weighted by molar-refractivity contribution is 5.93. The Morgan fingerprint density at radius 3 is 2.39 bits per heavy atom. The molecule has 0 bridgehead atoms. The minimum Gasteiger partial charge on any atom is -0.465 e. The maximum Gasteiger partial charge on any atom is 0.341 e. The van der Waals surface area contributed by atoms with E-state index in [0.29, 0.717) is 25.9 Å². The van der Waals surface area contributed by atoms with Gasteiger partial charge in [0, 0.05) is 20.0 Å². The first-order valence-corrected chi connectivity index (χ1v) is 7.58. The van der Waals surface area contributed by atoms with Gasteiger partial charge in [-0.15, -0.1) is 0 Å². The average molecular weight is 319 g/mol. The molecule has 6 heteroatoms. The monoisotopic (exact) mass is 319 g/mol. The number of likely N-dealkylation sites (tertiary alicyclic amines) is 1. The predicted octanol–water partition coefficient (Wildman–Crippen LogP) is 1.95. The molecule has 0 spiro atoms. The lowest BCUT2D eigenvalue weighted by atomic mass is 9.97. The SMILES string of the molecule is COC(=O)c1cc(C)ccc1OC(=O)C1CCN(C(C)=O)CC1. The summed E-state index contributed by atoms with van der Waals surface area (Å²) >= 11 is 0. The van der Waals surface area contributed by atoms with Crippen molar-refractivity contribution in [3.8, 4) is 5.75 Å². The van der Waals surface area contributed by atoms with Gasteiger partial charge in [-0.2, -0.15) is 0 Å². The number of hydrogen-bond donors (Lipinski definition) is 0. The molecule has 0 aliphatic carbocycles. The third-order valence-electron chi connectivity index (χ3n) is 4.02. The summed E-state index contributed by atoms with van der Waals surface area (Å²) in [6, 6.07) is 5.00. The molecule has 1 aliphatic rings. The summed E-state index contributed by atoms with van der Waals surface area (Å²) in [7, 11) is 1.29. The van der Waals surface area contributed by atoms with Gasteiger partial charge in [-0.3, -0.25) is 9.59 Å². The van der Waals surface area contributed by atoms with Crippen molar-refractivity contribution in [3.63, 3.8) is 0 Å². The van der Waals surface area contributed by atoms with Crippen LogP contribution >= 0.6 is 0 Å². The van der Waals surface area contributed by atoms with E-state index in [1.165, 1.54) is 14.0 Å². The van der Waals surface area contributed by atoms with Gasteiger partial charge in [0.15, 0.2) is 0 Å². The van der Waals surface area contributed by atoms with Crippen molar-refractivity contribution < 1.29 is 23.9 Å². The second kappa shape index (κ2) is 7.26. The Morgan fingerprint density at radius 2 is 1.83 bits per heavy atom. The topological polar surface area (TPSA) is 72.9 Å². The van der Waals surface area contributed by atoms with Crippen LogP contribution in [0.15, 0.2) is 18.2 Å². The van der Waals surface area contributed by atoms with Crippen LogP contribution in [-0.4, -0.2) is 42.9 Å². The third-order valence-corrected chi connectivity index (χ3v) is 4.02. The number of carbonyl (C=O) groups is 3. The number of hydrogen-bond acceptors (Lipinski definition) is 5. The first-order chi connectivity index (χ1) is 10.9. The first kappa shape index (κ1) is 17.0. The fraction of sp³-hybridized carbons (Fsp3) is 0.471. The van der Waals surface area contributed by atoms with Crippen molar-refractivity contribution in [2.24, 2.45) is 5.92 Å². The number of esters is 2.